The zero-order chi connectivity index (χ0) is 17.0. The highest BCUT2D eigenvalue weighted by atomic mass is 16.6. The number of non-ortho nitro benzene ring substituents is 2. The van der Waals surface area contributed by atoms with E-state index in [0.717, 1.165) is 18.2 Å². The Kier molecular flexibility index (Phi) is 4.28. The van der Waals surface area contributed by atoms with E-state index in [4.69, 9.17) is 10.00 Å². The molecule has 0 aliphatic rings. The molecule has 23 heavy (non-hydrogen) atoms. The smallest absolute Gasteiger partial charge is 0.344 e. The van der Waals surface area contributed by atoms with Gasteiger partial charge in [0.1, 0.15) is 5.75 Å². The second-order valence-electron chi connectivity index (χ2n) is 4.28. The Balaban J connectivity index is 2.36. The summed E-state index contributed by atoms with van der Waals surface area (Å²) >= 11 is 0. The first-order valence-electron chi connectivity index (χ1n) is 6.07. The van der Waals surface area contributed by atoms with Crippen LogP contribution in [0.4, 0.5) is 11.4 Å². The minimum Gasteiger partial charge on any atom is -0.423 e. The van der Waals surface area contributed by atoms with Gasteiger partial charge in [0, 0.05) is 12.1 Å². The lowest BCUT2D eigenvalue weighted by molar-refractivity contribution is -0.394. The van der Waals surface area contributed by atoms with Crippen molar-refractivity contribution < 1.29 is 19.4 Å². The van der Waals surface area contributed by atoms with E-state index in [9.17, 15) is 25.0 Å². The quantitative estimate of drug-likeness (QED) is 0.366. The first-order chi connectivity index (χ1) is 10.9. The molecule has 2 aromatic rings. The molecule has 0 aliphatic carbocycles. The topological polar surface area (TPSA) is 136 Å². The summed E-state index contributed by atoms with van der Waals surface area (Å²) in [5.74, 6) is -0.963. The molecule has 0 unspecified atom stereocenters. The van der Waals surface area contributed by atoms with Crippen molar-refractivity contribution in [2.45, 2.75) is 0 Å². The van der Waals surface area contributed by atoms with E-state index in [1.165, 1.54) is 24.3 Å². The third-order valence-electron chi connectivity index (χ3n) is 2.73. The summed E-state index contributed by atoms with van der Waals surface area (Å²) in [7, 11) is 0. The van der Waals surface area contributed by atoms with Crippen LogP contribution in [0.2, 0.25) is 0 Å². The molecule has 0 spiro atoms. The van der Waals surface area contributed by atoms with E-state index in [1.807, 2.05) is 6.07 Å². The van der Waals surface area contributed by atoms with Crippen molar-refractivity contribution in [1.82, 2.24) is 0 Å². The first kappa shape index (κ1) is 15.6. The van der Waals surface area contributed by atoms with Crippen LogP contribution in [-0.4, -0.2) is 15.8 Å². The van der Waals surface area contributed by atoms with Crippen LogP contribution in [0.5, 0.6) is 5.75 Å². The summed E-state index contributed by atoms with van der Waals surface area (Å²) in [4.78, 5) is 31.9. The van der Waals surface area contributed by atoms with Gasteiger partial charge in [-0.25, -0.2) is 4.79 Å². The van der Waals surface area contributed by atoms with Gasteiger partial charge in [-0.15, -0.1) is 0 Å². The number of hydrogen-bond acceptors (Lipinski definition) is 7. The van der Waals surface area contributed by atoms with Crippen molar-refractivity contribution in [1.29, 1.82) is 5.26 Å². The molecular weight excluding hydrogens is 306 g/mol. The molecule has 0 fully saturated rings. The Hall–Kier alpha value is -3.80. The highest BCUT2D eigenvalue weighted by Crippen LogP contribution is 2.24. The highest BCUT2D eigenvalue weighted by Gasteiger charge is 2.21. The van der Waals surface area contributed by atoms with Crippen molar-refractivity contribution in [2.24, 2.45) is 0 Å². The molecule has 0 aromatic heterocycles. The van der Waals surface area contributed by atoms with Crippen LogP contribution in [0.25, 0.3) is 0 Å². The fourth-order valence-electron chi connectivity index (χ4n) is 1.72. The molecule has 0 heterocycles. The van der Waals surface area contributed by atoms with Crippen LogP contribution in [0, 0.1) is 31.6 Å². The summed E-state index contributed by atoms with van der Waals surface area (Å²) in [6.07, 6.45) is 0. The summed E-state index contributed by atoms with van der Waals surface area (Å²) in [5, 5.41) is 30.3. The van der Waals surface area contributed by atoms with Gasteiger partial charge in [0.25, 0.3) is 11.4 Å². The van der Waals surface area contributed by atoms with Crippen LogP contribution in [-0.2, 0) is 0 Å². The lowest BCUT2D eigenvalue weighted by atomic mass is 10.1. The molecule has 0 saturated carbocycles. The number of nitro benzene ring substituents is 2. The maximum Gasteiger partial charge on any atom is 0.344 e. The third-order valence-corrected chi connectivity index (χ3v) is 2.73. The zero-order valence-electron chi connectivity index (χ0n) is 11.3. The van der Waals surface area contributed by atoms with E-state index in [2.05, 4.69) is 0 Å². The number of esters is 1. The van der Waals surface area contributed by atoms with Gasteiger partial charge in [0.2, 0.25) is 0 Å². The van der Waals surface area contributed by atoms with Crippen molar-refractivity contribution in [3.05, 3.63) is 73.8 Å². The molecule has 114 valence electrons. The largest absolute Gasteiger partial charge is 0.423 e. The Labute approximate surface area is 128 Å². The summed E-state index contributed by atoms with van der Waals surface area (Å²) < 4.78 is 4.98. The van der Waals surface area contributed by atoms with Crippen LogP contribution in [0.1, 0.15) is 15.9 Å². The lowest BCUT2D eigenvalue weighted by Gasteiger charge is -2.04. The van der Waals surface area contributed by atoms with Gasteiger partial charge < -0.3 is 4.74 Å². The lowest BCUT2D eigenvalue weighted by Crippen LogP contribution is -2.09. The van der Waals surface area contributed by atoms with Crippen LogP contribution < -0.4 is 4.74 Å². The monoisotopic (exact) mass is 313 g/mol. The summed E-state index contributed by atoms with van der Waals surface area (Å²) in [6, 6.07) is 10.0. The minimum atomic E-state index is -1.01. The normalized spacial score (nSPS) is 9.70. The highest BCUT2D eigenvalue weighted by molar-refractivity contribution is 5.92. The summed E-state index contributed by atoms with van der Waals surface area (Å²) in [5.41, 5.74) is -1.29. The van der Waals surface area contributed by atoms with Crippen molar-refractivity contribution in [3.63, 3.8) is 0 Å². The van der Waals surface area contributed by atoms with Crippen molar-refractivity contribution in [3.8, 4) is 11.8 Å². The fourth-order valence-corrected chi connectivity index (χ4v) is 1.72. The average Bonchev–Trinajstić information content (AvgIpc) is 2.54. The third kappa shape index (κ3) is 3.64. The number of carbonyl (C=O) groups excluding carboxylic acids is 1. The molecule has 9 nitrogen and oxygen atoms in total. The number of nitro groups is 2. The Bertz CT molecular complexity index is 824. The van der Waals surface area contributed by atoms with E-state index in [1.54, 1.807) is 0 Å². The maximum atomic E-state index is 12.0. The fraction of sp³-hybridized carbons (Fsp3) is 0. The van der Waals surface area contributed by atoms with Crippen LogP contribution >= 0.6 is 0 Å². The maximum absolute atomic E-state index is 12.0. The van der Waals surface area contributed by atoms with E-state index >= 15 is 0 Å². The molecule has 0 amide bonds. The summed E-state index contributed by atoms with van der Waals surface area (Å²) in [6.45, 7) is 0. The van der Waals surface area contributed by atoms with E-state index in [0.29, 0.717) is 0 Å². The number of carbonyl (C=O) groups is 1. The number of benzene rings is 2. The Morgan fingerprint density at radius 2 is 1.65 bits per heavy atom. The molecule has 0 bridgehead atoms. The van der Waals surface area contributed by atoms with Gasteiger partial charge in [-0.3, -0.25) is 20.2 Å². The molecule has 0 N–H and O–H groups in total. The number of nitrogens with zero attached hydrogens (tertiary/aromatic N) is 3. The van der Waals surface area contributed by atoms with E-state index < -0.39 is 27.2 Å². The second kappa shape index (κ2) is 6.31. The number of rotatable bonds is 4. The van der Waals surface area contributed by atoms with Gasteiger partial charge in [-0.05, 0) is 18.2 Å². The van der Waals surface area contributed by atoms with Gasteiger partial charge in [0.05, 0.1) is 33.1 Å². The van der Waals surface area contributed by atoms with E-state index in [-0.39, 0.29) is 16.9 Å². The molecule has 9 heteroatoms. The number of nitriles is 1. The molecular formula is C14H7N3O6. The SMILES string of the molecule is N#Cc1cccc(OC(=O)c2cc([N+](=O)[O-])cc([N+](=O)[O-])c2)c1. The molecule has 0 atom stereocenters. The molecule has 0 radical (unpaired) electrons. The second-order valence-corrected chi connectivity index (χ2v) is 4.28. The average molecular weight is 313 g/mol. The molecule has 0 aliphatic heterocycles. The van der Waals surface area contributed by atoms with Crippen LogP contribution in [0.3, 0.4) is 0 Å². The zero-order valence-corrected chi connectivity index (χ0v) is 11.3. The van der Waals surface area contributed by atoms with Gasteiger partial charge in [-0.1, -0.05) is 6.07 Å². The first-order valence-corrected chi connectivity index (χ1v) is 6.07. The van der Waals surface area contributed by atoms with Crippen LogP contribution in [0.15, 0.2) is 42.5 Å². The van der Waals surface area contributed by atoms with Gasteiger partial charge >= 0.3 is 5.97 Å². The molecule has 0 saturated heterocycles. The number of ether oxygens (including phenoxy) is 1. The van der Waals surface area contributed by atoms with Gasteiger partial charge in [0.15, 0.2) is 0 Å². The van der Waals surface area contributed by atoms with Crippen molar-refractivity contribution in [2.75, 3.05) is 0 Å². The van der Waals surface area contributed by atoms with Gasteiger partial charge in [-0.2, -0.15) is 5.26 Å². The predicted molar refractivity (Wildman–Crippen MR) is 75.9 cm³/mol. The predicted octanol–water partition coefficient (Wildman–Crippen LogP) is 2.59. The number of hydrogen-bond donors (Lipinski definition) is 0. The Morgan fingerprint density at radius 1 is 1.04 bits per heavy atom. The standard InChI is InChI=1S/C14H7N3O6/c15-8-9-2-1-3-13(4-9)23-14(18)10-5-11(16(19)20)7-12(6-10)17(21)22/h1-7H. The molecule has 2 rings (SSSR count). The Morgan fingerprint density at radius 3 is 2.17 bits per heavy atom. The molecule has 2 aromatic carbocycles. The van der Waals surface area contributed by atoms with Crippen molar-refractivity contribution >= 4 is 17.3 Å². The minimum absolute atomic E-state index is 0.0446.